The normalized spacial score (nSPS) is 13.8. The van der Waals surface area contributed by atoms with Crippen molar-refractivity contribution in [1.29, 1.82) is 0 Å². The smallest absolute Gasteiger partial charge is 0.259 e. The third-order valence-corrected chi connectivity index (χ3v) is 4.54. The number of anilines is 2. The number of hydrogen-bond donors (Lipinski definition) is 1. The van der Waals surface area contributed by atoms with Crippen molar-refractivity contribution in [2.24, 2.45) is 0 Å². The molecule has 1 aromatic carbocycles. The molecule has 0 spiro atoms. The molecule has 0 aliphatic carbocycles. The first-order valence-electron chi connectivity index (χ1n) is 8.71. The van der Waals surface area contributed by atoms with Gasteiger partial charge in [0.05, 0.1) is 41.2 Å². The summed E-state index contributed by atoms with van der Waals surface area (Å²) in [7, 11) is 0. The van der Waals surface area contributed by atoms with Crippen LogP contribution in [0, 0.1) is 6.92 Å². The molecule has 1 amide bonds. The van der Waals surface area contributed by atoms with Crippen LogP contribution < -0.4 is 10.2 Å². The van der Waals surface area contributed by atoms with Gasteiger partial charge in [-0.15, -0.1) is 0 Å². The third-order valence-electron chi connectivity index (χ3n) is 4.54. The Kier molecular flexibility index (Phi) is 4.35. The van der Waals surface area contributed by atoms with Crippen LogP contribution >= 0.6 is 0 Å². The first-order valence-corrected chi connectivity index (χ1v) is 8.71. The van der Waals surface area contributed by atoms with Crippen LogP contribution in [0.4, 0.5) is 11.6 Å². The van der Waals surface area contributed by atoms with Crippen LogP contribution in [0.2, 0.25) is 0 Å². The van der Waals surface area contributed by atoms with E-state index in [4.69, 9.17) is 0 Å². The van der Waals surface area contributed by atoms with Gasteiger partial charge >= 0.3 is 0 Å². The van der Waals surface area contributed by atoms with Crippen LogP contribution in [0.3, 0.4) is 0 Å². The van der Waals surface area contributed by atoms with E-state index in [9.17, 15) is 4.79 Å². The third kappa shape index (κ3) is 3.15. The Hall–Kier alpha value is -3.22. The fourth-order valence-corrected chi connectivity index (χ4v) is 3.13. The quantitative estimate of drug-likeness (QED) is 0.785. The molecular weight excluding hydrogens is 328 g/mol. The first-order chi connectivity index (χ1) is 12.7. The molecule has 2 aromatic heterocycles. The standard InChI is InChI=1S/C19H20N6O/c1-14-17(13-22-25(14)16-7-3-2-4-8-16)18(26)23-15-11-20-19(21-12-15)24-9-5-6-10-24/h2-4,7-8,11-13H,5-6,9-10H2,1H3,(H,23,26). The number of nitrogens with zero attached hydrogens (tertiary/aromatic N) is 5. The van der Waals surface area contributed by atoms with Crippen LogP contribution in [-0.4, -0.2) is 38.7 Å². The van der Waals surface area contributed by atoms with Crippen molar-refractivity contribution in [3.05, 3.63) is 60.2 Å². The monoisotopic (exact) mass is 348 g/mol. The molecule has 0 bridgehead atoms. The van der Waals surface area contributed by atoms with E-state index in [0.717, 1.165) is 24.5 Å². The summed E-state index contributed by atoms with van der Waals surface area (Å²) in [5.74, 6) is 0.496. The minimum atomic E-state index is -0.220. The molecule has 26 heavy (non-hydrogen) atoms. The van der Waals surface area contributed by atoms with Crippen molar-refractivity contribution in [2.75, 3.05) is 23.3 Å². The molecule has 1 saturated heterocycles. The van der Waals surface area contributed by atoms with Crippen LogP contribution in [0.25, 0.3) is 5.69 Å². The summed E-state index contributed by atoms with van der Waals surface area (Å²) in [6, 6.07) is 9.73. The van der Waals surface area contributed by atoms with Crippen LogP contribution in [0.15, 0.2) is 48.9 Å². The molecule has 1 fully saturated rings. The van der Waals surface area contributed by atoms with Gasteiger partial charge in [-0.25, -0.2) is 14.6 Å². The van der Waals surface area contributed by atoms with E-state index < -0.39 is 0 Å². The van der Waals surface area contributed by atoms with Crippen molar-refractivity contribution in [3.63, 3.8) is 0 Å². The van der Waals surface area contributed by atoms with Crippen molar-refractivity contribution < 1.29 is 4.79 Å². The lowest BCUT2D eigenvalue weighted by Crippen LogP contribution is -2.20. The highest BCUT2D eigenvalue weighted by Crippen LogP contribution is 2.18. The highest BCUT2D eigenvalue weighted by atomic mass is 16.1. The number of aromatic nitrogens is 4. The number of para-hydroxylation sites is 1. The summed E-state index contributed by atoms with van der Waals surface area (Å²) >= 11 is 0. The van der Waals surface area contributed by atoms with Gasteiger partial charge in [0, 0.05) is 13.1 Å². The van der Waals surface area contributed by atoms with Gasteiger partial charge < -0.3 is 10.2 Å². The molecule has 7 heteroatoms. The van der Waals surface area contributed by atoms with E-state index in [1.807, 2.05) is 37.3 Å². The highest BCUT2D eigenvalue weighted by Gasteiger charge is 2.17. The van der Waals surface area contributed by atoms with E-state index in [1.165, 1.54) is 12.8 Å². The molecule has 1 aliphatic heterocycles. The van der Waals surface area contributed by atoms with Gasteiger partial charge in [0.15, 0.2) is 0 Å². The fourth-order valence-electron chi connectivity index (χ4n) is 3.13. The Bertz CT molecular complexity index is 898. The van der Waals surface area contributed by atoms with E-state index in [-0.39, 0.29) is 5.91 Å². The molecule has 132 valence electrons. The van der Waals surface area contributed by atoms with Gasteiger partial charge in [0.25, 0.3) is 5.91 Å². The molecule has 0 saturated carbocycles. The van der Waals surface area contributed by atoms with Crippen molar-refractivity contribution in [1.82, 2.24) is 19.7 Å². The predicted octanol–water partition coefficient (Wildman–Crippen LogP) is 2.82. The number of carbonyl (C=O) groups excluding carboxylic acids is 1. The minimum Gasteiger partial charge on any atom is -0.341 e. The number of amides is 1. The van der Waals surface area contributed by atoms with E-state index >= 15 is 0 Å². The number of benzene rings is 1. The summed E-state index contributed by atoms with van der Waals surface area (Å²) in [5.41, 5.74) is 2.80. The maximum absolute atomic E-state index is 12.6. The first kappa shape index (κ1) is 16.3. The molecule has 4 rings (SSSR count). The Morgan fingerprint density at radius 3 is 2.42 bits per heavy atom. The zero-order valence-corrected chi connectivity index (χ0v) is 14.6. The molecule has 3 heterocycles. The van der Waals surface area contributed by atoms with Gasteiger partial charge in [0.1, 0.15) is 0 Å². The van der Waals surface area contributed by atoms with E-state index in [1.54, 1.807) is 23.3 Å². The Morgan fingerprint density at radius 2 is 1.73 bits per heavy atom. The molecule has 0 atom stereocenters. The molecule has 7 nitrogen and oxygen atoms in total. The van der Waals surface area contributed by atoms with Gasteiger partial charge in [-0.05, 0) is 31.9 Å². The Morgan fingerprint density at radius 1 is 1.04 bits per heavy atom. The average molecular weight is 348 g/mol. The van der Waals surface area contributed by atoms with Gasteiger partial charge in [-0.1, -0.05) is 18.2 Å². The average Bonchev–Trinajstić information content (AvgIpc) is 3.33. The van der Waals surface area contributed by atoms with E-state index in [2.05, 4.69) is 25.3 Å². The highest BCUT2D eigenvalue weighted by molar-refractivity contribution is 6.04. The van der Waals surface area contributed by atoms with Gasteiger partial charge in [-0.2, -0.15) is 5.10 Å². The maximum Gasteiger partial charge on any atom is 0.259 e. The summed E-state index contributed by atoms with van der Waals surface area (Å²) in [4.78, 5) is 23.5. The minimum absolute atomic E-state index is 0.220. The molecule has 3 aromatic rings. The largest absolute Gasteiger partial charge is 0.341 e. The van der Waals surface area contributed by atoms with Crippen molar-refractivity contribution in [2.45, 2.75) is 19.8 Å². The predicted molar refractivity (Wildman–Crippen MR) is 99.7 cm³/mol. The summed E-state index contributed by atoms with van der Waals surface area (Å²) in [6.07, 6.45) is 7.22. The summed E-state index contributed by atoms with van der Waals surface area (Å²) < 4.78 is 1.75. The van der Waals surface area contributed by atoms with Crippen LogP contribution in [0.1, 0.15) is 28.9 Å². The number of carbonyl (C=O) groups is 1. The molecule has 1 N–H and O–H groups in total. The molecule has 0 unspecified atom stereocenters. The number of rotatable bonds is 4. The van der Waals surface area contributed by atoms with Gasteiger partial charge in [0.2, 0.25) is 5.95 Å². The SMILES string of the molecule is Cc1c(C(=O)Nc2cnc(N3CCCC3)nc2)cnn1-c1ccccc1. The fraction of sp³-hybridized carbons (Fsp3) is 0.263. The lowest BCUT2D eigenvalue weighted by atomic mass is 10.2. The topological polar surface area (TPSA) is 75.9 Å². The Balaban J connectivity index is 1.49. The van der Waals surface area contributed by atoms with Gasteiger partial charge in [-0.3, -0.25) is 4.79 Å². The second-order valence-corrected chi connectivity index (χ2v) is 6.31. The molecular formula is C19H20N6O. The molecule has 0 radical (unpaired) electrons. The number of hydrogen-bond acceptors (Lipinski definition) is 5. The van der Waals surface area contributed by atoms with E-state index in [0.29, 0.717) is 17.2 Å². The zero-order chi connectivity index (χ0) is 17.9. The maximum atomic E-state index is 12.6. The summed E-state index contributed by atoms with van der Waals surface area (Å²) in [5, 5.41) is 7.18. The summed E-state index contributed by atoms with van der Waals surface area (Å²) in [6.45, 7) is 3.86. The van der Waals surface area contributed by atoms with Crippen LogP contribution in [0.5, 0.6) is 0 Å². The Labute approximate surface area is 151 Å². The molecule has 1 aliphatic rings. The van der Waals surface area contributed by atoms with Crippen LogP contribution in [-0.2, 0) is 0 Å². The zero-order valence-electron chi connectivity index (χ0n) is 14.6. The lowest BCUT2D eigenvalue weighted by Gasteiger charge is -2.14. The second kappa shape index (κ2) is 6.95. The number of nitrogens with one attached hydrogen (secondary N) is 1. The van der Waals surface area contributed by atoms with Crippen molar-refractivity contribution in [3.8, 4) is 5.69 Å². The lowest BCUT2D eigenvalue weighted by molar-refractivity contribution is 0.102. The van der Waals surface area contributed by atoms with Crippen molar-refractivity contribution >= 4 is 17.5 Å². The second-order valence-electron chi connectivity index (χ2n) is 6.31.